The Morgan fingerprint density at radius 2 is 2.38 bits per heavy atom. The average molecular weight is 331 g/mol. The topological polar surface area (TPSA) is 33.2 Å². The molecule has 0 aliphatic carbocycles. The Morgan fingerprint density at radius 3 is 2.77 bits per heavy atom. The van der Waals surface area contributed by atoms with Gasteiger partial charge in [0.25, 0.3) is 0 Å². The number of carbonyl (C=O) groups is 1. The van der Waals surface area contributed by atoms with Crippen molar-refractivity contribution in [2.75, 3.05) is 14.1 Å². The lowest BCUT2D eigenvalue weighted by Crippen LogP contribution is -2.25. The molecule has 0 saturated heterocycles. The summed E-state index contributed by atoms with van der Waals surface area (Å²) in [6.45, 7) is 0. The summed E-state index contributed by atoms with van der Waals surface area (Å²) in [6, 6.07) is 0. The highest BCUT2D eigenvalue weighted by Gasteiger charge is 2.22. The Bertz CT molecular complexity index is 315. The third-order valence-electron chi connectivity index (χ3n) is 1.37. The lowest BCUT2D eigenvalue weighted by Gasteiger charge is -2.12. The molecule has 6 heteroatoms. The van der Waals surface area contributed by atoms with Crippen molar-refractivity contribution >= 4 is 51.4 Å². The van der Waals surface area contributed by atoms with Gasteiger partial charge in [0.05, 0.1) is 9.08 Å². The van der Waals surface area contributed by atoms with E-state index in [0.29, 0.717) is 5.01 Å². The zero-order chi connectivity index (χ0) is 10.0. The lowest BCUT2D eigenvalue weighted by atomic mass is 10.4. The molecule has 0 N–H and O–H groups in total. The zero-order valence-corrected chi connectivity index (χ0v) is 10.9. The third kappa shape index (κ3) is 2.78. The quantitative estimate of drug-likeness (QED) is 0.615. The van der Waals surface area contributed by atoms with E-state index in [1.165, 1.54) is 16.2 Å². The van der Waals surface area contributed by atoms with E-state index < -0.39 is 5.38 Å². The molecule has 0 bridgehead atoms. The number of carbonyl (C=O) groups excluding carboxylic acids is 1. The fourth-order valence-corrected chi connectivity index (χ4v) is 2.53. The molecule has 1 unspecified atom stereocenters. The van der Waals surface area contributed by atoms with E-state index in [-0.39, 0.29) is 5.91 Å². The molecule has 0 aliphatic heterocycles. The second kappa shape index (κ2) is 4.56. The molecule has 0 aromatic carbocycles. The van der Waals surface area contributed by atoms with Crippen molar-refractivity contribution < 1.29 is 4.79 Å². The molecule has 1 heterocycles. The van der Waals surface area contributed by atoms with Gasteiger partial charge in [-0.15, -0.1) is 22.9 Å². The number of amides is 1. The molecule has 13 heavy (non-hydrogen) atoms. The molecule has 0 spiro atoms. The maximum atomic E-state index is 11.4. The van der Waals surface area contributed by atoms with Crippen molar-refractivity contribution in [3.63, 3.8) is 0 Å². The predicted octanol–water partition coefficient (Wildman–Crippen LogP) is 2.12. The minimum atomic E-state index is -0.650. The van der Waals surface area contributed by atoms with Crippen LogP contribution in [0.3, 0.4) is 0 Å². The molecule has 1 aromatic heterocycles. The number of thiazole rings is 1. The fraction of sp³-hybridized carbons (Fsp3) is 0.429. The van der Waals surface area contributed by atoms with E-state index >= 15 is 0 Å². The van der Waals surface area contributed by atoms with E-state index in [0.717, 1.165) is 2.88 Å². The van der Waals surface area contributed by atoms with Crippen molar-refractivity contribution in [2.45, 2.75) is 5.38 Å². The molecule has 0 fully saturated rings. The Labute approximate surface area is 99.2 Å². The molecule has 0 saturated carbocycles. The number of rotatable bonds is 2. The average Bonchev–Trinajstić information content (AvgIpc) is 2.49. The molecule has 72 valence electrons. The zero-order valence-electron chi connectivity index (χ0n) is 7.12. The summed E-state index contributed by atoms with van der Waals surface area (Å²) in [5.74, 6) is -0.132. The first-order valence-electron chi connectivity index (χ1n) is 3.49. The van der Waals surface area contributed by atoms with E-state index in [1.807, 2.05) is 0 Å². The number of alkyl halides is 1. The number of halogens is 2. The van der Waals surface area contributed by atoms with Crippen molar-refractivity contribution in [3.05, 3.63) is 14.1 Å². The minimum absolute atomic E-state index is 0.132. The van der Waals surface area contributed by atoms with Gasteiger partial charge < -0.3 is 4.90 Å². The van der Waals surface area contributed by atoms with Crippen LogP contribution in [0.5, 0.6) is 0 Å². The van der Waals surface area contributed by atoms with Gasteiger partial charge in [0.2, 0.25) is 5.91 Å². The summed E-state index contributed by atoms with van der Waals surface area (Å²) in [5, 5.41) is 0.00767. The molecule has 1 atom stereocenters. The highest BCUT2D eigenvalue weighted by atomic mass is 127. The van der Waals surface area contributed by atoms with Crippen LogP contribution in [-0.2, 0) is 4.79 Å². The summed E-state index contributed by atoms with van der Waals surface area (Å²) in [4.78, 5) is 16.9. The molecule has 1 aromatic rings. The fourth-order valence-electron chi connectivity index (χ4n) is 0.716. The van der Waals surface area contributed by atoms with Gasteiger partial charge >= 0.3 is 0 Å². The SMILES string of the molecule is CN(C)C(=O)C(Cl)c1ncc(I)s1. The molecular weight excluding hydrogens is 323 g/mol. The molecule has 1 rings (SSSR count). The van der Waals surface area contributed by atoms with Gasteiger partial charge in [0, 0.05) is 14.1 Å². The molecular formula is C7H8ClIN2OS. The van der Waals surface area contributed by atoms with Gasteiger partial charge in [0.15, 0.2) is 5.38 Å². The van der Waals surface area contributed by atoms with Crippen LogP contribution in [-0.4, -0.2) is 29.9 Å². The van der Waals surface area contributed by atoms with Gasteiger partial charge in [-0.2, -0.15) is 0 Å². The van der Waals surface area contributed by atoms with E-state index in [4.69, 9.17) is 11.6 Å². The standard InChI is InChI=1S/C7H8ClIN2OS/c1-11(2)7(12)5(8)6-10-3-4(9)13-6/h3,5H,1-2H3. The van der Waals surface area contributed by atoms with Crippen LogP contribution >= 0.6 is 45.5 Å². The van der Waals surface area contributed by atoms with Crippen LogP contribution in [0.1, 0.15) is 10.4 Å². The normalized spacial score (nSPS) is 12.6. The predicted molar refractivity (Wildman–Crippen MR) is 62.1 cm³/mol. The van der Waals surface area contributed by atoms with E-state index in [2.05, 4.69) is 27.6 Å². The highest BCUT2D eigenvalue weighted by Crippen LogP contribution is 2.27. The molecule has 1 amide bonds. The molecule has 3 nitrogen and oxygen atoms in total. The Hall–Kier alpha value is 0.120. The van der Waals surface area contributed by atoms with Crippen LogP contribution in [0.2, 0.25) is 0 Å². The smallest absolute Gasteiger partial charge is 0.247 e. The summed E-state index contributed by atoms with van der Waals surface area (Å²) in [5.41, 5.74) is 0. The summed E-state index contributed by atoms with van der Waals surface area (Å²) < 4.78 is 1.03. The van der Waals surface area contributed by atoms with Crippen LogP contribution in [0.15, 0.2) is 6.20 Å². The first-order chi connectivity index (χ1) is 6.02. The van der Waals surface area contributed by atoms with Gasteiger partial charge in [0.1, 0.15) is 5.01 Å². The molecule has 0 radical (unpaired) electrons. The van der Waals surface area contributed by atoms with Gasteiger partial charge in [-0.1, -0.05) is 0 Å². The van der Waals surface area contributed by atoms with Crippen molar-refractivity contribution in [1.82, 2.24) is 9.88 Å². The van der Waals surface area contributed by atoms with E-state index in [9.17, 15) is 4.79 Å². The summed E-state index contributed by atoms with van der Waals surface area (Å²) in [7, 11) is 3.35. The number of hydrogen-bond acceptors (Lipinski definition) is 3. The second-order valence-corrected chi connectivity index (χ2v) is 5.99. The first kappa shape index (κ1) is 11.2. The minimum Gasteiger partial charge on any atom is -0.347 e. The van der Waals surface area contributed by atoms with Gasteiger partial charge in [-0.25, -0.2) is 4.98 Å². The number of likely N-dealkylation sites (N-methyl/N-ethyl adjacent to an activating group) is 1. The van der Waals surface area contributed by atoms with Crippen LogP contribution in [0, 0.1) is 2.88 Å². The van der Waals surface area contributed by atoms with Crippen molar-refractivity contribution in [1.29, 1.82) is 0 Å². The van der Waals surface area contributed by atoms with Crippen molar-refractivity contribution in [3.8, 4) is 0 Å². The monoisotopic (exact) mass is 330 g/mol. The summed E-state index contributed by atoms with van der Waals surface area (Å²) >= 11 is 9.50. The number of nitrogens with zero attached hydrogens (tertiary/aromatic N) is 2. The first-order valence-corrected chi connectivity index (χ1v) is 5.82. The van der Waals surface area contributed by atoms with Crippen LogP contribution in [0.4, 0.5) is 0 Å². The Balaban J connectivity index is 2.79. The highest BCUT2D eigenvalue weighted by molar-refractivity contribution is 14.1. The van der Waals surface area contributed by atoms with E-state index in [1.54, 1.807) is 20.3 Å². The second-order valence-electron chi connectivity index (χ2n) is 2.60. The Kier molecular flexibility index (Phi) is 3.93. The van der Waals surface area contributed by atoms with Crippen LogP contribution < -0.4 is 0 Å². The lowest BCUT2D eigenvalue weighted by molar-refractivity contribution is -0.128. The van der Waals surface area contributed by atoms with Crippen molar-refractivity contribution in [2.24, 2.45) is 0 Å². The van der Waals surface area contributed by atoms with Gasteiger partial charge in [-0.3, -0.25) is 4.79 Å². The molecule has 0 aliphatic rings. The number of hydrogen-bond donors (Lipinski definition) is 0. The Morgan fingerprint density at radius 1 is 1.77 bits per heavy atom. The third-order valence-corrected chi connectivity index (χ3v) is 3.68. The maximum absolute atomic E-state index is 11.4. The van der Waals surface area contributed by atoms with Gasteiger partial charge in [-0.05, 0) is 22.6 Å². The number of aromatic nitrogens is 1. The van der Waals surface area contributed by atoms with Crippen LogP contribution in [0.25, 0.3) is 0 Å². The maximum Gasteiger partial charge on any atom is 0.247 e. The summed E-state index contributed by atoms with van der Waals surface area (Å²) in [6.07, 6.45) is 1.71. The largest absolute Gasteiger partial charge is 0.347 e.